The van der Waals surface area contributed by atoms with Crippen molar-refractivity contribution in [3.8, 4) is 11.6 Å². The summed E-state index contributed by atoms with van der Waals surface area (Å²) in [6, 6.07) is 3.72. The molecule has 72 valence electrons. The van der Waals surface area contributed by atoms with Gasteiger partial charge in [-0.15, -0.1) is 0 Å². The third-order valence-electron chi connectivity index (χ3n) is 1.74. The minimum absolute atomic E-state index is 0.746. The SMILES string of the molecule is COc1ccc(-n2cc(I)cn2)nc1. The summed E-state index contributed by atoms with van der Waals surface area (Å²) in [5, 5.41) is 4.15. The van der Waals surface area contributed by atoms with Crippen LogP contribution in [0.5, 0.6) is 5.75 Å². The van der Waals surface area contributed by atoms with Gasteiger partial charge in [-0.25, -0.2) is 9.67 Å². The molecule has 2 rings (SSSR count). The Morgan fingerprint density at radius 2 is 2.21 bits per heavy atom. The van der Waals surface area contributed by atoms with Crippen LogP contribution in [-0.4, -0.2) is 21.9 Å². The molecule has 0 fully saturated rings. The van der Waals surface area contributed by atoms with Crippen molar-refractivity contribution < 1.29 is 4.74 Å². The zero-order chi connectivity index (χ0) is 9.97. The first kappa shape index (κ1) is 9.45. The Bertz CT molecular complexity index is 424. The van der Waals surface area contributed by atoms with Gasteiger partial charge in [0.05, 0.1) is 23.1 Å². The van der Waals surface area contributed by atoms with Crippen molar-refractivity contribution in [1.29, 1.82) is 0 Å². The molecule has 14 heavy (non-hydrogen) atoms. The second-order valence-electron chi connectivity index (χ2n) is 2.66. The predicted molar refractivity (Wildman–Crippen MR) is 60.6 cm³/mol. The lowest BCUT2D eigenvalue weighted by molar-refractivity contribution is 0.412. The number of pyridine rings is 1. The van der Waals surface area contributed by atoms with Crippen LogP contribution in [0.4, 0.5) is 0 Å². The summed E-state index contributed by atoms with van der Waals surface area (Å²) in [6.45, 7) is 0. The van der Waals surface area contributed by atoms with Crippen LogP contribution in [-0.2, 0) is 0 Å². The number of nitrogens with zero attached hydrogens (tertiary/aromatic N) is 3. The van der Waals surface area contributed by atoms with E-state index in [0.29, 0.717) is 0 Å². The number of rotatable bonds is 2. The second-order valence-corrected chi connectivity index (χ2v) is 3.90. The maximum atomic E-state index is 5.02. The van der Waals surface area contributed by atoms with Crippen LogP contribution in [0, 0.1) is 3.57 Å². The van der Waals surface area contributed by atoms with Gasteiger partial charge >= 0.3 is 0 Å². The highest BCUT2D eigenvalue weighted by Crippen LogP contribution is 2.11. The lowest BCUT2D eigenvalue weighted by atomic mass is 10.4. The van der Waals surface area contributed by atoms with Crippen molar-refractivity contribution in [1.82, 2.24) is 14.8 Å². The van der Waals surface area contributed by atoms with Crippen LogP contribution >= 0.6 is 22.6 Å². The number of halogens is 1. The van der Waals surface area contributed by atoms with E-state index < -0.39 is 0 Å². The molecule has 0 unspecified atom stereocenters. The fraction of sp³-hybridized carbons (Fsp3) is 0.111. The molecule has 0 N–H and O–H groups in total. The molecule has 0 spiro atoms. The molecule has 2 aromatic rings. The van der Waals surface area contributed by atoms with Crippen LogP contribution in [0.25, 0.3) is 5.82 Å². The largest absolute Gasteiger partial charge is 0.495 e. The summed E-state index contributed by atoms with van der Waals surface area (Å²) in [5.74, 6) is 1.53. The molecule has 0 amide bonds. The average molecular weight is 301 g/mol. The Balaban J connectivity index is 2.33. The summed E-state index contributed by atoms with van der Waals surface area (Å²) in [6.07, 6.45) is 5.37. The Kier molecular flexibility index (Phi) is 2.67. The minimum Gasteiger partial charge on any atom is -0.495 e. The van der Waals surface area contributed by atoms with Crippen molar-refractivity contribution in [3.63, 3.8) is 0 Å². The molecule has 0 aliphatic rings. The highest BCUT2D eigenvalue weighted by molar-refractivity contribution is 14.1. The molecular formula is C9H8IN3O. The quantitative estimate of drug-likeness (QED) is 0.795. The Labute approximate surface area is 95.1 Å². The first-order valence-corrected chi connectivity index (χ1v) is 5.08. The highest BCUT2D eigenvalue weighted by Gasteiger charge is 1.99. The van der Waals surface area contributed by atoms with Crippen molar-refractivity contribution in [3.05, 3.63) is 34.3 Å². The van der Waals surface area contributed by atoms with Gasteiger partial charge in [0.25, 0.3) is 0 Å². The van der Waals surface area contributed by atoms with E-state index in [0.717, 1.165) is 15.1 Å². The standard InChI is InChI=1S/C9H8IN3O/c1-14-8-2-3-9(11-5-8)13-6-7(10)4-12-13/h2-6H,1H3. The predicted octanol–water partition coefficient (Wildman–Crippen LogP) is 1.88. The van der Waals surface area contributed by atoms with Gasteiger partial charge in [0.1, 0.15) is 5.75 Å². The Morgan fingerprint density at radius 1 is 1.36 bits per heavy atom. The van der Waals surface area contributed by atoms with Gasteiger partial charge in [0.15, 0.2) is 5.82 Å². The van der Waals surface area contributed by atoms with E-state index >= 15 is 0 Å². The smallest absolute Gasteiger partial charge is 0.153 e. The van der Waals surface area contributed by atoms with Crippen molar-refractivity contribution >= 4 is 22.6 Å². The third-order valence-corrected chi connectivity index (χ3v) is 2.30. The first-order chi connectivity index (χ1) is 6.79. The van der Waals surface area contributed by atoms with Gasteiger partial charge in [-0.1, -0.05) is 0 Å². The van der Waals surface area contributed by atoms with Crippen LogP contribution in [0.1, 0.15) is 0 Å². The summed E-state index contributed by atoms with van der Waals surface area (Å²) >= 11 is 2.21. The van der Waals surface area contributed by atoms with Gasteiger partial charge in [-0.2, -0.15) is 5.10 Å². The number of hydrogen-bond donors (Lipinski definition) is 0. The maximum absolute atomic E-state index is 5.02. The molecule has 0 radical (unpaired) electrons. The van der Waals surface area contributed by atoms with E-state index in [1.165, 1.54) is 0 Å². The molecule has 0 aliphatic heterocycles. The first-order valence-electron chi connectivity index (χ1n) is 4.00. The van der Waals surface area contributed by atoms with Gasteiger partial charge in [-0.05, 0) is 34.7 Å². The molecular weight excluding hydrogens is 293 g/mol. The minimum atomic E-state index is 0.746. The summed E-state index contributed by atoms with van der Waals surface area (Å²) < 4.78 is 7.82. The van der Waals surface area contributed by atoms with E-state index in [-0.39, 0.29) is 0 Å². The normalized spacial score (nSPS) is 10.1. The lowest BCUT2D eigenvalue weighted by Crippen LogP contribution is -1.97. The second kappa shape index (κ2) is 3.95. The topological polar surface area (TPSA) is 39.9 Å². The van der Waals surface area contributed by atoms with E-state index in [1.54, 1.807) is 24.2 Å². The molecule has 0 bridgehead atoms. The summed E-state index contributed by atoms with van der Waals surface area (Å²) in [4.78, 5) is 4.21. The third kappa shape index (κ3) is 1.87. The van der Waals surface area contributed by atoms with E-state index in [4.69, 9.17) is 4.74 Å². The molecule has 0 aliphatic carbocycles. The molecule has 2 heterocycles. The van der Waals surface area contributed by atoms with Crippen molar-refractivity contribution in [2.45, 2.75) is 0 Å². The Hall–Kier alpha value is -1.11. The van der Waals surface area contributed by atoms with Crippen LogP contribution in [0.2, 0.25) is 0 Å². The fourth-order valence-electron chi connectivity index (χ4n) is 1.05. The molecule has 2 aromatic heterocycles. The zero-order valence-electron chi connectivity index (χ0n) is 7.51. The van der Waals surface area contributed by atoms with E-state index in [2.05, 4.69) is 32.7 Å². The molecule has 0 atom stereocenters. The van der Waals surface area contributed by atoms with Gasteiger partial charge in [0, 0.05) is 6.20 Å². The van der Waals surface area contributed by atoms with Crippen molar-refractivity contribution in [2.75, 3.05) is 7.11 Å². The average Bonchev–Trinajstić information content (AvgIpc) is 2.65. The van der Waals surface area contributed by atoms with E-state index in [9.17, 15) is 0 Å². The highest BCUT2D eigenvalue weighted by atomic mass is 127. The van der Waals surface area contributed by atoms with Gasteiger partial charge in [0.2, 0.25) is 0 Å². The fourth-order valence-corrected chi connectivity index (χ4v) is 1.44. The molecule has 0 aromatic carbocycles. The number of aromatic nitrogens is 3. The number of hydrogen-bond acceptors (Lipinski definition) is 3. The number of ether oxygens (including phenoxy) is 1. The number of methoxy groups -OCH3 is 1. The zero-order valence-corrected chi connectivity index (χ0v) is 9.67. The van der Waals surface area contributed by atoms with E-state index in [1.807, 2.05) is 18.3 Å². The molecule has 0 saturated heterocycles. The molecule has 5 heteroatoms. The Morgan fingerprint density at radius 3 is 2.71 bits per heavy atom. The van der Waals surface area contributed by atoms with Gasteiger partial charge < -0.3 is 4.74 Å². The van der Waals surface area contributed by atoms with Crippen LogP contribution in [0.15, 0.2) is 30.7 Å². The summed E-state index contributed by atoms with van der Waals surface area (Å²) in [7, 11) is 1.62. The molecule has 0 saturated carbocycles. The summed E-state index contributed by atoms with van der Waals surface area (Å²) in [5.41, 5.74) is 0. The van der Waals surface area contributed by atoms with Gasteiger partial charge in [-0.3, -0.25) is 0 Å². The van der Waals surface area contributed by atoms with Crippen molar-refractivity contribution in [2.24, 2.45) is 0 Å². The molecule has 4 nitrogen and oxygen atoms in total. The maximum Gasteiger partial charge on any atom is 0.153 e. The van der Waals surface area contributed by atoms with Crippen LogP contribution in [0.3, 0.4) is 0 Å². The monoisotopic (exact) mass is 301 g/mol. The lowest BCUT2D eigenvalue weighted by Gasteiger charge is -2.01. The van der Waals surface area contributed by atoms with Crippen LogP contribution < -0.4 is 4.74 Å².